The Morgan fingerprint density at radius 1 is 0.892 bits per heavy atom. The topological polar surface area (TPSA) is 110 Å². The van der Waals surface area contributed by atoms with Gasteiger partial charge in [0.2, 0.25) is 23.1 Å². The molecule has 0 bridgehead atoms. The van der Waals surface area contributed by atoms with Crippen LogP contribution in [0.5, 0.6) is 0 Å². The molecule has 3 unspecified atom stereocenters. The zero-order valence-electron chi connectivity index (χ0n) is 18.5. The van der Waals surface area contributed by atoms with Crippen molar-refractivity contribution in [2.75, 3.05) is 5.32 Å². The number of carbonyl (C=O) groups excluding carboxylic acids is 3. The van der Waals surface area contributed by atoms with E-state index in [1.807, 2.05) is 0 Å². The van der Waals surface area contributed by atoms with Crippen molar-refractivity contribution in [1.82, 2.24) is 0 Å². The summed E-state index contributed by atoms with van der Waals surface area (Å²) in [5.74, 6) is -10.1. The number of benzene rings is 3. The zero-order chi connectivity index (χ0) is 26.6. The number of fused-ring (bicyclic) bond motifs is 1. The van der Waals surface area contributed by atoms with E-state index in [-0.39, 0.29) is 16.8 Å². The molecule has 0 saturated carbocycles. The fourth-order valence-corrected chi connectivity index (χ4v) is 5.57. The molecule has 0 aromatic heterocycles. The average Bonchev–Trinajstić information content (AvgIpc) is 3.33. The number of carboxylic acid groups (broad SMARTS) is 1. The maximum absolute atomic E-state index is 13.8. The van der Waals surface area contributed by atoms with Gasteiger partial charge in [-0.1, -0.05) is 30.3 Å². The third-order valence-corrected chi connectivity index (χ3v) is 8.43. The molecular weight excluding hydrogens is 620 g/mol. The summed E-state index contributed by atoms with van der Waals surface area (Å²) in [6.07, 6.45) is -1.35. The van der Waals surface area contributed by atoms with Crippen molar-refractivity contribution in [2.24, 2.45) is 11.8 Å². The molecule has 188 valence electrons. The smallest absolute Gasteiger partial charge is 0.311 e. The molecular formula is C26H15Br2F2NO6. The number of aliphatic carboxylic acids is 1. The van der Waals surface area contributed by atoms with Crippen molar-refractivity contribution in [3.05, 3.63) is 97.9 Å². The van der Waals surface area contributed by atoms with Crippen LogP contribution in [0.2, 0.25) is 0 Å². The van der Waals surface area contributed by atoms with Gasteiger partial charge >= 0.3 is 5.97 Å². The van der Waals surface area contributed by atoms with Crippen LogP contribution in [-0.2, 0) is 14.3 Å². The molecule has 1 aliphatic heterocycles. The number of ether oxygens (including phenoxy) is 1. The molecule has 3 aromatic rings. The van der Waals surface area contributed by atoms with Crippen LogP contribution in [0.15, 0.2) is 69.6 Å². The zero-order valence-corrected chi connectivity index (χ0v) is 21.7. The summed E-state index contributed by atoms with van der Waals surface area (Å²) in [5, 5.41) is 12.7. The monoisotopic (exact) mass is 633 g/mol. The van der Waals surface area contributed by atoms with Crippen LogP contribution in [0.3, 0.4) is 0 Å². The first-order valence-corrected chi connectivity index (χ1v) is 12.4. The molecule has 5 rings (SSSR count). The number of rotatable bonds is 4. The third kappa shape index (κ3) is 3.92. The van der Waals surface area contributed by atoms with Crippen molar-refractivity contribution >= 4 is 61.0 Å². The number of hydrogen-bond acceptors (Lipinski definition) is 5. The summed E-state index contributed by atoms with van der Waals surface area (Å²) in [5.41, 5.74) is -2.32. The molecule has 1 amide bonds. The van der Waals surface area contributed by atoms with Crippen LogP contribution < -0.4 is 5.32 Å². The number of halogens is 4. The van der Waals surface area contributed by atoms with Gasteiger partial charge in [0.15, 0.2) is 11.6 Å². The van der Waals surface area contributed by atoms with Crippen LogP contribution >= 0.6 is 31.9 Å². The highest BCUT2D eigenvalue weighted by molar-refractivity contribution is 9.13. The second-order valence-corrected chi connectivity index (χ2v) is 10.3. The lowest BCUT2D eigenvalue weighted by atomic mass is 9.75. The molecule has 7 nitrogen and oxygen atoms in total. The minimum atomic E-state index is -2.49. The number of anilines is 1. The van der Waals surface area contributed by atoms with E-state index in [1.54, 1.807) is 18.2 Å². The Balaban J connectivity index is 1.66. The Kier molecular flexibility index (Phi) is 6.33. The minimum Gasteiger partial charge on any atom is -0.481 e. The lowest BCUT2D eigenvalue weighted by Crippen LogP contribution is -2.52. The first-order chi connectivity index (χ1) is 17.6. The van der Waals surface area contributed by atoms with Gasteiger partial charge in [0.25, 0.3) is 0 Å². The van der Waals surface area contributed by atoms with Gasteiger partial charge in [0.1, 0.15) is 5.92 Å². The van der Waals surface area contributed by atoms with Crippen LogP contribution in [0.25, 0.3) is 0 Å². The Hall–Kier alpha value is -3.28. The van der Waals surface area contributed by atoms with E-state index < -0.39 is 58.6 Å². The van der Waals surface area contributed by atoms with E-state index in [2.05, 4.69) is 37.2 Å². The van der Waals surface area contributed by atoms with E-state index in [0.717, 1.165) is 18.2 Å². The lowest BCUT2D eigenvalue weighted by molar-refractivity contribution is -0.147. The molecule has 1 saturated heterocycles. The van der Waals surface area contributed by atoms with Crippen LogP contribution in [0.4, 0.5) is 14.5 Å². The van der Waals surface area contributed by atoms with Gasteiger partial charge in [-0.25, -0.2) is 8.78 Å². The third-order valence-electron chi connectivity index (χ3n) is 6.56. The molecule has 2 aliphatic rings. The van der Waals surface area contributed by atoms with Gasteiger partial charge in [0, 0.05) is 31.8 Å². The molecule has 11 heteroatoms. The molecule has 2 N–H and O–H groups in total. The van der Waals surface area contributed by atoms with Gasteiger partial charge in [-0.15, -0.1) is 0 Å². The molecule has 1 fully saturated rings. The maximum Gasteiger partial charge on any atom is 0.311 e. The summed E-state index contributed by atoms with van der Waals surface area (Å²) < 4.78 is 34.5. The number of nitrogens with one attached hydrogen (secondary N) is 1. The van der Waals surface area contributed by atoms with E-state index in [0.29, 0.717) is 14.5 Å². The van der Waals surface area contributed by atoms with Crippen LogP contribution in [-0.4, -0.2) is 34.2 Å². The summed E-state index contributed by atoms with van der Waals surface area (Å²) in [6, 6.07) is 13.3. The second kappa shape index (κ2) is 9.23. The predicted molar refractivity (Wildman–Crippen MR) is 133 cm³/mol. The number of ketones is 2. The molecule has 3 atom stereocenters. The van der Waals surface area contributed by atoms with Gasteiger partial charge in [-0.05, 0) is 61.7 Å². The van der Waals surface area contributed by atoms with Gasteiger partial charge in [-0.3, -0.25) is 19.2 Å². The lowest BCUT2D eigenvalue weighted by Gasteiger charge is -2.25. The van der Waals surface area contributed by atoms with Crippen molar-refractivity contribution < 1.29 is 37.8 Å². The molecule has 1 heterocycles. The van der Waals surface area contributed by atoms with Crippen LogP contribution in [0.1, 0.15) is 32.4 Å². The summed E-state index contributed by atoms with van der Waals surface area (Å²) >= 11 is 6.69. The fraction of sp³-hybridized carbons (Fsp3) is 0.154. The number of hydrogen-bond donors (Lipinski definition) is 2. The Bertz CT molecular complexity index is 1480. The summed E-state index contributed by atoms with van der Waals surface area (Å²) in [4.78, 5) is 53.5. The highest BCUT2D eigenvalue weighted by Gasteiger charge is 2.71. The SMILES string of the molecule is O=C(Nc1ccc(F)c(F)c1)C1C(c2ccc(Br)c(Br)c2)OC2(C(=O)c3ccccc3C2=O)C1C(=O)O. The number of carbonyl (C=O) groups is 4. The molecule has 0 radical (unpaired) electrons. The first-order valence-electron chi connectivity index (χ1n) is 10.9. The van der Waals surface area contributed by atoms with Crippen LogP contribution in [0, 0.1) is 23.5 Å². The van der Waals surface area contributed by atoms with Crippen molar-refractivity contribution in [1.29, 1.82) is 0 Å². The Morgan fingerprint density at radius 2 is 1.54 bits per heavy atom. The quantitative estimate of drug-likeness (QED) is 0.375. The highest BCUT2D eigenvalue weighted by Crippen LogP contribution is 2.54. The minimum absolute atomic E-state index is 0.00356. The van der Waals surface area contributed by atoms with E-state index in [1.165, 1.54) is 24.3 Å². The summed E-state index contributed by atoms with van der Waals surface area (Å²) in [6.45, 7) is 0. The largest absolute Gasteiger partial charge is 0.481 e. The van der Waals surface area contributed by atoms with E-state index in [4.69, 9.17) is 4.74 Å². The van der Waals surface area contributed by atoms with Gasteiger partial charge in [0.05, 0.1) is 12.0 Å². The number of carboxylic acids is 1. The van der Waals surface area contributed by atoms with Gasteiger partial charge < -0.3 is 15.2 Å². The van der Waals surface area contributed by atoms with E-state index >= 15 is 0 Å². The highest BCUT2D eigenvalue weighted by atomic mass is 79.9. The standard InChI is InChI=1S/C26H15Br2F2NO6/c27-15-7-5-11(9-16(15)28)21-19(24(34)31-12-6-8-17(29)18(30)10-12)20(25(35)36)26(37-21)22(32)13-3-1-2-4-14(13)23(26)33/h1-10,19-21H,(H,31,34)(H,35,36). The molecule has 37 heavy (non-hydrogen) atoms. The van der Waals surface area contributed by atoms with Crippen molar-refractivity contribution in [2.45, 2.75) is 11.7 Å². The molecule has 1 aliphatic carbocycles. The first kappa shape index (κ1) is 25.4. The predicted octanol–water partition coefficient (Wildman–Crippen LogP) is 5.33. The Morgan fingerprint density at radius 3 is 2.11 bits per heavy atom. The van der Waals surface area contributed by atoms with Crippen molar-refractivity contribution in [3.8, 4) is 0 Å². The number of Topliss-reactive ketones (excluding diaryl/α,β-unsaturated/α-hetero) is 2. The summed E-state index contributed by atoms with van der Waals surface area (Å²) in [7, 11) is 0. The number of amides is 1. The van der Waals surface area contributed by atoms with E-state index in [9.17, 15) is 33.1 Å². The van der Waals surface area contributed by atoms with Gasteiger partial charge in [-0.2, -0.15) is 0 Å². The molecule has 1 spiro atoms. The normalized spacial score (nSPS) is 21.8. The average molecular weight is 635 g/mol. The Labute approximate surface area is 225 Å². The second-order valence-electron chi connectivity index (χ2n) is 8.61. The maximum atomic E-state index is 13.8. The molecule has 3 aromatic carbocycles. The fourth-order valence-electron chi connectivity index (χ4n) is 4.93. The van der Waals surface area contributed by atoms with Crippen molar-refractivity contribution in [3.63, 3.8) is 0 Å².